The molecule has 0 aromatic carbocycles. The van der Waals surface area contributed by atoms with Gasteiger partial charge in [-0.3, -0.25) is 5.32 Å². The Kier molecular flexibility index (Phi) is 3.87. The predicted octanol–water partition coefficient (Wildman–Crippen LogP) is 2.18. The number of carbonyl (C=O) groups excluding carboxylic acids is 1. The van der Waals surface area contributed by atoms with Gasteiger partial charge in [-0.1, -0.05) is 12.7 Å². The van der Waals surface area contributed by atoms with Crippen LogP contribution < -0.4 is 5.32 Å². The second-order valence-corrected chi connectivity index (χ2v) is 3.43. The molecule has 0 saturated carbocycles. The van der Waals surface area contributed by atoms with Gasteiger partial charge in [0.1, 0.15) is 11.5 Å². The zero-order valence-electron chi connectivity index (χ0n) is 7.73. The molecule has 15 heavy (non-hydrogen) atoms. The van der Waals surface area contributed by atoms with E-state index in [4.69, 9.17) is 5.11 Å². The van der Waals surface area contributed by atoms with Gasteiger partial charge < -0.3 is 9.84 Å². The molecule has 0 fully saturated rings. The van der Waals surface area contributed by atoms with E-state index >= 15 is 0 Å². The van der Waals surface area contributed by atoms with Crippen LogP contribution in [0.1, 0.15) is 9.67 Å². The first-order chi connectivity index (χ1) is 7.13. The molecule has 0 atom stereocenters. The van der Waals surface area contributed by atoms with Gasteiger partial charge in [-0.2, -0.15) is 0 Å². The standard InChI is InChI=1S/C9H9NO4S/c1-2-3-14-9(13)10-6-4-7(8(11)12)15-5-6/h2,4-5H,1,3H2,(H,10,13)(H,11,12). The van der Waals surface area contributed by atoms with E-state index in [9.17, 15) is 9.59 Å². The van der Waals surface area contributed by atoms with Crippen molar-refractivity contribution in [2.75, 3.05) is 11.9 Å². The summed E-state index contributed by atoms with van der Waals surface area (Å²) in [5.74, 6) is -1.02. The summed E-state index contributed by atoms with van der Waals surface area (Å²) in [6, 6.07) is 1.36. The highest BCUT2D eigenvalue weighted by Gasteiger charge is 2.08. The molecule has 1 heterocycles. The topological polar surface area (TPSA) is 75.6 Å². The number of rotatable bonds is 4. The molecule has 2 N–H and O–H groups in total. The van der Waals surface area contributed by atoms with Gasteiger partial charge in [-0.25, -0.2) is 9.59 Å². The minimum absolute atomic E-state index is 0.113. The van der Waals surface area contributed by atoms with Crippen molar-refractivity contribution < 1.29 is 19.4 Å². The number of hydrogen-bond acceptors (Lipinski definition) is 4. The van der Waals surface area contributed by atoms with Gasteiger partial charge in [0, 0.05) is 5.38 Å². The Hall–Kier alpha value is -1.82. The average molecular weight is 227 g/mol. The first kappa shape index (κ1) is 11.3. The molecule has 0 aliphatic rings. The zero-order chi connectivity index (χ0) is 11.3. The quantitative estimate of drug-likeness (QED) is 0.773. The van der Waals surface area contributed by atoms with Crippen molar-refractivity contribution >= 4 is 29.1 Å². The highest BCUT2D eigenvalue weighted by atomic mass is 32.1. The molecule has 6 heteroatoms. The Morgan fingerprint density at radius 1 is 1.67 bits per heavy atom. The van der Waals surface area contributed by atoms with E-state index in [1.165, 1.54) is 17.5 Å². The highest BCUT2D eigenvalue weighted by molar-refractivity contribution is 7.12. The van der Waals surface area contributed by atoms with Crippen LogP contribution in [-0.4, -0.2) is 23.8 Å². The smallest absolute Gasteiger partial charge is 0.411 e. The van der Waals surface area contributed by atoms with Gasteiger partial charge in [-0.15, -0.1) is 11.3 Å². The van der Waals surface area contributed by atoms with Gasteiger partial charge in [0.05, 0.1) is 5.69 Å². The van der Waals surface area contributed by atoms with Crippen molar-refractivity contribution in [3.8, 4) is 0 Å². The maximum atomic E-state index is 11.0. The molecule has 80 valence electrons. The lowest BCUT2D eigenvalue weighted by molar-refractivity contribution is 0.0702. The Morgan fingerprint density at radius 3 is 2.93 bits per heavy atom. The molecular formula is C9H9NO4S. The van der Waals surface area contributed by atoms with Gasteiger partial charge >= 0.3 is 12.1 Å². The van der Waals surface area contributed by atoms with Gasteiger partial charge in [0.2, 0.25) is 0 Å². The van der Waals surface area contributed by atoms with Crippen LogP contribution in [0.5, 0.6) is 0 Å². The largest absolute Gasteiger partial charge is 0.477 e. The number of thiophene rings is 1. The lowest BCUT2D eigenvalue weighted by atomic mass is 10.4. The number of ether oxygens (including phenoxy) is 1. The van der Waals surface area contributed by atoms with Crippen LogP contribution >= 0.6 is 11.3 Å². The van der Waals surface area contributed by atoms with Crippen LogP contribution in [0.25, 0.3) is 0 Å². The van der Waals surface area contributed by atoms with E-state index in [1.807, 2.05) is 0 Å². The normalized spacial score (nSPS) is 9.33. The molecule has 0 bridgehead atoms. The van der Waals surface area contributed by atoms with Crippen LogP contribution in [0, 0.1) is 0 Å². The minimum atomic E-state index is -1.02. The van der Waals surface area contributed by atoms with Crippen molar-refractivity contribution in [3.63, 3.8) is 0 Å². The number of anilines is 1. The fourth-order valence-electron chi connectivity index (χ4n) is 0.802. The molecule has 1 amide bonds. The molecule has 1 aromatic heterocycles. The Labute approximate surface area is 90.0 Å². The lowest BCUT2D eigenvalue weighted by Crippen LogP contribution is -2.12. The first-order valence-corrected chi connectivity index (χ1v) is 4.88. The van der Waals surface area contributed by atoms with Gasteiger partial charge in [-0.05, 0) is 6.07 Å². The number of nitrogens with one attached hydrogen (secondary N) is 1. The maximum absolute atomic E-state index is 11.0. The third-order valence-electron chi connectivity index (χ3n) is 1.39. The molecule has 0 saturated heterocycles. The van der Waals surface area contributed by atoms with Crippen LogP contribution in [0.3, 0.4) is 0 Å². The third-order valence-corrected chi connectivity index (χ3v) is 2.31. The van der Waals surface area contributed by atoms with Gasteiger partial charge in [0.15, 0.2) is 0 Å². The van der Waals surface area contributed by atoms with E-state index < -0.39 is 12.1 Å². The number of carboxylic acid groups (broad SMARTS) is 1. The summed E-state index contributed by atoms with van der Waals surface area (Å²) in [5, 5.41) is 12.5. The predicted molar refractivity (Wildman–Crippen MR) is 56.4 cm³/mol. The molecule has 0 unspecified atom stereocenters. The number of carboxylic acids is 1. The van der Waals surface area contributed by atoms with Crippen LogP contribution in [0.15, 0.2) is 24.1 Å². The summed E-state index contributed by atoms with van der Waals surface area (Å²) < 4.78 is 4.65. The van der Waals surface area contributed by atoms with Crippen LogP contribution in [-0.2, 0) is 4.74 Å². The average Bonchev–Trinajstić information content (AvgIpc) is 2.63. The Morgan fingerprint density at radius 2 is 2.40 bits per heavy atom. The summed E-state index contributed by atoms with van der Waals surface area (Å²) in [6.07, 6.45) is 0.806. The van der Waals surface area contributed by atoms with E-state index in [2.05, 4.69) is 16.6 Å². The van der Waals surface area contributed by atoms with Crippen molar-refractivity contribution in [1.82, 2.24) is 0 Å². The molecule has 0 radical (unpaired) electrons. The lowest BCUT2D eigenvalue weighted by Gasteiger charge is -2.01. The zero-order valence-corrected chi connectivity index (χ0v) is 8.54. The number of carbonyl (C=O) groups is 2. The van der Waals surface area contributed by atoms with E-state index in [-0.39, 0.29) is 11.5 Å². The van der Waals surface area contributed by atoms with E-state index in [0.29, 0.717) is 5.69 Å². The van der Waals surface area contributed by atoms with Crippen molar-refractivity contribution in [2.45, 2.75) is 0 Å². The maximum Gasteiger partial charge on any atom is 0.411 e. The highest BCUT2D eigenvalue weighted by Crippen LogP contribution is 2.19. The fraction of sp³-hybridized carbons (Fsp3) is 0.111. The number of hydrogen-bond donors (Lipinski definition) is 2. The first-order valence-electron chi connectivity index (χ1n) is 4.00. The number of aromatic carboxylic acids is 1. The SMILES string of the molecule is C=CCOC(=O)Nc1csc(C(=O)O)c1. The molecule has 1 rings (SSSR count). The van der Waals surface area contributed by atoms with Crippen molar-refractivity contribution in [1.29, 1.82) is 0 Å². The molecule has 0 aliphatic carbocycles. The molecule has 0 aliphatic heterocycles. The summed E-state index contributed by atoms with van der Waals surface area (Å²) in [5.41, 5.74) is 0.409. The monoisotopic (exact) mass is 227 g/mol. The summed E-state index contributed by atoms with van der Waals surface area (Å²) in [6.45, 7) is 3.50. The fourth-order valence-corrected chi connectivity index (χ4v) is 1.48. The minimum Gasteiger partial charge on any atom is -0.477 e. The summed E-state index contributed by atoms with van der Waals surface area (Å²) in [7, 11) is 0. The van der Waals surface area contributed by atoms with Crippen LogP contribution in [0.2, 0.25) is 0 Å². The summed E-state index contributed by atoms with van der Waals surface area (Å²) in [4.78, 5) is 21.7. The Balaban J connectivity index is 2.53. The molecular weight excluding hydrogens is 218 g/mol. The van der Waals surface area contributed by atoms with E-state index in [1.54, 1.807) is 0 Å². The van der Waals surface area contributed by atoms with E-state index in [0.717, 1.165) is 11.3 Å². The molecule has 5 nitrogen and oxygen atoms in total. The van der Waals surface area contributed by atoms with Crippen molar-refractivity contribution in [3.05, 3.63) is 29.0 Å². The Bertz CT molecular complexity index is 385. The third kappa shape index (κ3) is 3.43. The van der Waals surface area contributed by atoms with Crippen molar-refractivity contribution in [2.24, 2.45) is 0 Å². The number of amides is 1. The summed E-state index contributed by atoms with van der Waals surface area (Å²) >= 11 is 1.03. The second-order valence-electron chi connectivity index (χ2n) is 2.52. The molecule has 0 spiro atoms. The van der Waals surface area contributed by atoms with Gasteiger partial charge in [0.25, 0.3) is 0 Å². The molecule has 1 aromatic rings. The second kappa shape index (κ2) is 5.16. The van der Waals surface area contributed by atoms with Crippen LogP contribution in [0.4, 0.5) is 10.5 Å².